The van der Waals surface area contributed by atoms with Crippen LogP contribution in [-0.2, 0) is 4.79 Å². The first-order valence-electron chi connectivity index (χ1n) is 6.36. The SMILES string of the molecule is NCCCCCCCCN1CC(Br)CC1=O. The molecule has 0 bridgehead atoms. The van der Waals surface area contributed by atoms with Crippen LogP contribution in [0.1, 0.15) is 44.9 Å². The van der Waals surface area contributed by atoms with Gasteiger partial charge in [-0.3, -0.25) is 4.79 Å². The second-order valence-corrected chi connectivity index (χ2v) is 5.85. The van der Waals surface area contributed by atoms with Gasteiger partial charge in [0.2, 0.25) is 5.91 Å². The van der Waals surface area contributed by atoms with Crippen molar-refractivity contribution in [2.75, 3.05) is 19.6 Å². The molecule has 0 radical (unpaired) electrons. The van der Waals surface area contributed by atoms with E-state index >= 15 is 0 Å². The van der Waals surface area contributed by atoms with Gasteiger partial charge in [0, 0.05) is 24.3 Å². The number of amides is 1. The zero-order valence-corrected chi connectivity index (χ0v) is 11.5. The van der Waals surface area contributed by atoms with Gasteiger partial charge < -0.3 is 10.6 Å². The van der Waals surface area contributed by atoms with Gasteiger partial charge in [-0.1, -0.05) is 41.6 Å². The van der Waals surface area contributed by atoms with E-state index in [0.29, 0.717) is 17.2 Å². The highest BCUT2D eigenvalue weighted by atomic mass is 79.9. The van der Waals surface area contributed by atoms with E-state index in [0.717, 1.165) is 32.5 Å². The summed E-state index contributed by atoms with van der Waals surface area (Å²) < 4.78 is 0. The van der Waals surface area contributed by atoms with Crippen molar-refractivity contribution in [3.05, 3.63) is 0 Å². The minimum Gasteiger partial charge on any atom is -0.342 e. The van der Waals surface area contributed by atoms with Crippen LogP contribution in [0.5, 0.6) is 0 Å². The maximum atomic E-state index is 11.5. The van der Waals surface area contributed by atoms with E-state index in [1.807, 2.05) is 4.90 Å². The third-order valence-corrected chi connectivity index (χ3v) is 3.66. The largest absolute Gasteiger partial charge is 0.342 e. The quantitative estimate of drug-likeness (QED) is 0.551. The number of nitrogens with zero attached hydrogens (tertiary/aromatic N) is 1. The zero-order chi connectivity index (χ0) is 11.8. The molecule has 3 nitrogen and oxygen atoms in total. The number of unbranched alkanes of at least 4 members (excludes halogenated alkanes) is 5. The summed E-state index contributed by atoms with van der Waals surface area (Å²) in [5.74, 6) is 0.310. The van der Waals surface area contributed by atoms with Crippen molar-refractivity contribution in [1.29, 1.82) is 0 Å². The van der Waals surface area contributed by atoms with Gasteiger partial charge in [0.1, 0.15) is 0 Å². The molecule has 1 rings (SSSR count). The monoisotopic (exact) mass is 290 g/mol. The highest BCUT2D eigenvalue weighted by molar-refractivity contribution is 9.09. The molecule has 16 heavy (non-hydrogen) atoms. The normalized spacial score (nSPS) is 20.8. The van der Waals surface area contributed by atoms with Crippen molar-refractivity contribution in [2.45, 2.75) is 49.8 Å². The topological polar surface area (TPSA) is 46.3 Å². The molecule has 1 atom stereocenters. The number of carbonyl (C=O) groups excluding carboxylic acids is 1. The van der Waals surface area contributed by atoms with Crippen LogP contribution in [0, 0.1) is 0 Å². The predicted octanol–water partition coefficient (Wildman–Crippen LogP) is 2.28. The summed E-state index contributed by atoms with van der Waals surface area (Å²) in [4.78, 5) is 13.8. The van der Waals surface area contributed by atoms with Crippen molar-refractivity contribution in [3.8, 4) is 0 Å². The van der Waals surface area contributed by atoms with Gasteiger partial charge in [-0.25, -0.2) is 0 Å². The summed E-state index contributed by atoms with van der Waals surface area (Å²) in [6.45, 7) is 2.65. The van der Waals surface area contributed by atoms with E-state index in [1.165, 1.54) is 25.7 Å². The average molecular weight is 291 g/mol. The first-order valence-corrected chi connectivity index (χ1v) is 7.27. The standard InChI is InChI=1S/C12H23BrN2O/c13-11-9-12(16)15(10-11)8-6-4-2-1-3-5-7-14/h11H,1-10,14H2. The van der Waals surface area contributed by atoms with Crippen LogP contribution < -0.4 is 5.73 Å². The molecule has 1 fully saturated rings. The minimum atomic E-state index is 0.310. The third-order valence-electron chi connectivity index (χ3n) is 3.05. The maximum absolute atomic E-state index is 11.5. The number of hydrogen-bond donors (Lipinski definition) is 1. The summed E-state index contributed by atoms with van der Waals surface area (Å²) in [6.07, 6.45) is 8.02. The Kier molecular flexibility index (Phi) is 7.05. The second kappa shape index (κ2) is 8.07. The Bertz CT molecular complexity index is 211. The number of rotatable bonds is 8. The lowest BCUT2D eigenvalue weighted by Gasteiger charge is -2.15. The van der Waals surface area contributed by atoms with Gasteiger partial charge in [-0.05, 0) is 19.4 Å². The first kappa shape index (κ1) is 14.0. The van der Waals surface area contributed by atoms with Crippen LogP contribution >= 0.6 is 15.9 Å². The Hall–Kier alpha value is -0.0900. The molecule has 1 aliphatic heterocycles. The molecule has 0 aromatic rings. The van der Waals surface area contributed by atoms with Gasteiger partial charge in [-0.15, -0.1) is 0 Å². The molecule has 94 valence electrons. The Morgan fingerprint density at radius 3 is 2.38 bits per heavy atom. The van der Waals surface area contributed by atoms with E-state index in [-0.39, 0.29) is 0 Å². The van der Waals surface area contributed by atoms with Gasteiger partial charge in [0.15, 0.2) is 0 Å². The minimum absolute atomic E-state index is 0.310. The molecule has 0 saturated carbocycles. The summed E-state index contributed by atoms with van der Waals surface area (Å²) >= 11 is 3.50. The van der Waals surface area contributed by atoms with Crippen LogP contribution in [0.3, 0.4) is 0 Å². The molecule has 0 aromatic carbocycles. The van der Waals surface area contributed by atoms with Crippen LogP contribution in [0.25, 0.3) is 0 Å². The predicted molar refractivity (Wildman–Crippen MR) is 70.7 cm³/mol. The molecule has 1 amide bonds. The molecule has 1 saturated heterocycles. The molecule has 1 unspecified atom stereocenters. The average Bonchev–Trinajstić information content (AvgIpc) is 2.56. The number of carbonyl (C=O) groups is 1. The Balaban J connectivity index is 1.93. The van der Waals surface area contributed by atoms with Crippen LogP contribution in [0.15, 0.2) is 0 Å². The van der Waals surface area contributed by atoms with E-state index in [1.54, 1.807) is 0 Å². The molecular formula is C12H23BrN2O. The maximum Gasteiger partial charge on any atom is 0.223 e. The van der Waals surface area contributed by atoms with Crippen molar-refractivity contribution in [3.63, 3.8) is 0 Å². The number of likely N-dealkylation sites (tertiary alicyclic amines) is 1. The van der Waals surface area contributed by atoms with Crippen molar-refractivity contribution in [2.24, 2.45) is 5.73 Å². The van der Waals surface area contributed by atoms with Crippen LogP contribution in [0.4, 0.5) is 0 Å². The smallest absolute Gasteiger partial charge is 0.223 e. The molecular weight excluding hydrogens is 268 g/mol. The lowest BCUT2D eigenvalue weighted by molar-refractivity contribution is -0.127. The van der Waals surface area contributed by atoms with Crippen molar-refractivity contribution in [1.82, 2.24) is 4.90 Å². The zero-order valence-electron chi connectivity index (χ0n) is 9.96. The van der Waals surface area contributed by atoms with Crippen LogP contribution in [-0.4, -0.2) is 35.3 Å². The molecule has 2 N–H and O–H groups in total. The van der Waals surface area contributed by atoms with E-state index < -0.39 is 0 Å². The molecule has 1 aliphatic rings. The summed E-state index contributed by atoms with van der Waals surface area (Å²) in [7, 11) is 0. The Labute approximate surface area is 107 Å². The number of halogens is 1. The van der Waals surface area contributed by atoms with Crippen molar-refractivity contribution >= 4 is 21.8 Å². The molecule has 0 spiro atoms. The number of nitrogens with two attached hydrogens (primary N) is 1. The Morgan fingerprint density at radius 2 is 1.81 bits per heavy atom. The number of alkyl halides is 1. The van der Waals surface area contributed by atoms with Gasteiger partial charge in [0.25, 0.3) is 0 Å². The molecule has 0 aromatic heterocycles. The van der Waals surface area contributed by atoms with Gasteiger partial charge in [-0.2, -0.15) is 0 Å². The highest BCUT2D eigenvalue weighted by Gasteiger charge is 2.26. The Morgan fingerprint density at radius 1 is 1.19 bits per heavy atom. The fourth-order valence-electron chi connectivity index (χ4n) is 2.09. The fourth-order valence-corrected chi connectivity index (χ4v) is 2.72. The van der Waals surface area contributed by atoms with Crippen LogP contribution in [0.2, 0.25) is 0 Å². The second-order valence-electron chi connectivity index (χ2n) is 4.55. The molecule has 4 heteroatoms. The third kappa shape index (κ3) is 5.30. The molecule has 0 aliphatic carbocycles. The van der Waals surface area contributed by atoms with E-state index in [4.69, 9.17) is 5.73 Å². The van der Waals surface area contributed by atoms with E-state index in [2.05, 4.69) is 15.9 Å². The lowest BCUT2D eigenvalue weighted by Crippen LogP contribution is -2.26. The first-order chi connectivity index (χ1) is 7.74. The van der Waals surface area contributed by atoms with E-state index in [9.17, 15) is 4.79 Å². The summed E-state index contributed by atoms with van der Waals surface area (Å²) in [5, 5.41) is 0. The van der Waals surface area contributed by atoms with Gasteiger partial charge >= 0.3 is 0 Å². The summed E-state index contributed by atoms with van der Waals surface area (Å²) in [5.41, 5.74) is 5.43. The summed E-state index contributed by atoms with van der Waals surface area (Å²) in [6, 6.07) is 0. The van der Waals surface area contributed by atoms with Crippen molar-refractivity contribution < 1.29 is 4.79 Å². The number of hydrogen-bond acceptors (Lipinski definition) is 2. The molecule has 1 heterocycles. The highest BCUT2D eigenvalue weighted by Crippen LogP contribution is 2.18. The lowest BCUT2D eigenvalue weighted by atomic mass is 10.1. The fraction of sp³-hybridized carbons (Fsp3) is 0.917. The van der Waals surface area contributed by atoms with Gasteiger partial charge in [0.05, 0.1) is 0 Å².